The zero-order valence-corrected chi connectivity index (χ0v) is 19.3. The lowest BCUT2D eigenvalue weighted by molar-refractivity contribution is -0.0502. The molecular weight excluding hydrogens is 486 g/mol. The van der Waals surface area contributed by atoms with Crippen molar-refractivity contribution in [3.63, 3.8) is 0 Å². The number of benzene rings is 2. The van der Waals surface area contributed by atoms with Gasteiger partial charge in [-0.1, -0.05) is 0 Å². The van der Waals surface area contributed by atoms with Crippen molar-refractivity contribution in [3.8, 4) is 39.6 Å². The lowest BCUT2D eigenvalue weighted by Gasteiger charge is -2.16. The number of aryl methyl sites for hydroxylation is 2. The number of primary amides is 1. The van der Waals surface area contributed by atoms with E-state index in [2.05, 4.69) is 14.9 Å². The molecule has 1 amide bonds. The number of nitrogens with two attached hydrogens (primary N) is 1. The predicted octanol–water partition coefficient (Wildman–Crippen LogP) is 3.99. The highest BCUT2D eigenvalue weighted by Gasteiger charge is 2.25. The minimum Gasteiger partial charge on any atom is -0.496 e. The first-order valence-electron chi connectivity index (χ1n) is 10.5. The number of alkyl halides is 4. The molecule has 0 bridgehead atoms. The van der Waals surface area contributed by atoms with E-state index in [1.54, 1.807) is 43.3 Å². The molecule has 2 aromatic carbocycles. The van der Waals surface area contributed by atoms with Crippen LogP contribution in [0.1, 0.15) is 10.4 Å². The maximum atomic E-state index is 13.1. The number of amides is 1. The second kappa shape index (κ2) is 9.76. The summed E-state index contributed by atoms with van der Waals surface area (Å²) in [7, 11) is 4.55. The summed E-state index contributed by atoms with van der Waals surface area (Å²) >= 11 is 0. The molecule has 0 aliphatic carbocycles. The van der Waals surface area contributed by atoms with Crippen LogP contribution >= 0.6 is 0 Å². The number of nitrogens with zero attached hydrogens (tertiary/aromatic N) is 4. The summed E-state index contributed by atoms with van der Waals surface area (Å²) in [5.74, 6) is -1.58. The Morgan fingerprint density at radius 3 is 2.31 bits per heavy atom. The van der Waals surface area contributed by atoms with Crippen molar-refractivity contribution in [2.24, 2.45) is 19.8 Å². The van der Waals surface area contributed by atoms with Gasteiger partial charge >= 0.3 is 6.61 Å². The molecule has 0 spiro atoms. The molecule has 0 atom stereocenters. The van der Waals surface area contributed by atoms with Crippen molar-refractivity contribution < 1.29 is 36.6 Å². The molecule has 0 fully saturated rings. The Morgan fingerprint density at radius 2 is 1.72 bits per heavy atom. The Balaban J connectivity index is 1.98. The van der Waals surface area contributed by atoms with E-state index in [9.17, 15) is 22.4 Å². The smallest absolute Gasteiger partial charge is 0.387 e. The van der Waals surface area contributed by atoms with Crippen LogP contribution in [0.15, 0.2) is 36.7 Å². The van der Waals surface area contributed by atoms with E-state index >= 15 is 0 Å². The highest BCUT2D eigenvalue weighted by molar-refractivity contribution is 6.03. The van der Waals surface area contributed by atoms with Crippen LogP contribution in [0, 0.1) is 0 Å². The Bertz CT molecular complexity index is 1430. The van der Waals surface area contributed by atoms with E-state index in [0.717, 1.165) is 0 Å². The quantitative estimate of drug-likeness (QED) is 0.344. The molecule has 4 aromatic rings. The Morgan fingerprint density at radius 1 is 1.03 bits per heavy atom. The van der Waals surface area contributed by atoms with Gasteiger partial charge in [-0.3, -0.25) is 14.2 Å². The van der Waals surface area contributed by atoms with E-state index < -0.39 is 31.3 Å². The summed E-state index contributed by atoms with van der Waals surface area (Å²) in [6, 6.07) is 5.85. The molecule has 13 heteroatoms. The van der Waals surface area contributed by atoms with Gasteiger partial charge in [-0.05, 0) is 29.8 Å². The average molecular weight is 507 g/mol. The van der Waals surface area contributed by atoms with Crippen LogP contribution in [0.5, 0.6) is 17.2 Å². The van der Waals surface area contributed by atoms with Crippen LogP contribution in [0.3, 0.4) is 0 Å². The topological polar surface area (TPSA) is 106 Å². The first kappa shape index (κ1) is 24.8. The normalized spacial score (nSPS) is 11.5. The monoisotopic (exact) mass is 507 g/mol. The van der Waals surface area contributed by atoms with Crippen molar-refractivity contribution in [1.29, 1.82) is 0 Å². The molecule has 0 radical (unpaired) electrons. The fraction of sp³-hybridized carbons (Fsp3) is 0.261. The van der Waals surface area contributed by atoms with E-state index in [1.807, 2.05) is 0 Å². The molecule has 190 valence electrons. The highest BCUT2D eigenvalue weighted by Crippen LogP contribution is 2.42. The van der Waals surface area contributed by atoms with Gasteiger partial charge < -0.3 is 19.9 Å². The second-order valence-corrected chi connectivity index (χ2v) is 7.74. The number of carbonyl (C=O) groups is 1. The lowest BCUT2D eigenvalue weighted by atomic mass is 10.0. The van der Waals surface area contributed by atoms with E-state index in [1.165, 1.54) is 23.9 Å². The third-order valence-corrected chi connectivity index (χ3v) is 5.32. The Hall–Kier alpha value is -4.29. The average Bonchev–Trinajstić information content (AvgIpc) is 3.38. The zero-order chi connectivity index (χ0) is 26.1. The van der Waals surface area contributed by atoms with E-state index in [-0.39, 0.29) is 22.6 Å². The molecular formula is C23H21F4N5O4. The molecule has 0 saturated carbocycles. The summed E-state index contributed by atoms with van der Waals surface area (Å²) in [4.78, 5) is 11.9. The minimum atomic E-state index is -3.25. The molecule has 2 heterocycles. The van der Waals surface area contributed by atoms with Gasteiger partial charge in [-0.15, -0.1) is 0 Å². The summed E-state index contributed by atoms with van der Waals surface area (Å²) in [6.07, 6.45) is 0.593. The van der Waals surface area contributed by atoms with E-state index in [0.29, 0.717) is 27.7 Å². The molecule has 2 aromatic heterocycles. The van der Waals surface area contributed by atoms with Gasteiger partial charge in [0.15, 0.2) is 0 Å². The van der Waals surface area contributed by atoms with Crippen molar-refractivity contribution in [2.75, 3.05) is 13.7 Å². The van der Waals surface area contributed by atoms with Gasteiger partial charge in [0.2, 0.25) is 0 Å². The number of fused-ring (bicyclic) bond motifs is 1. The van der Waals surface area contributed by atoms with Crippen molar-refractivity contribution in [1.82, 2.24) is 19.6 Å². The van der Waals surface area contributed by atoms with E-state index in [4.69, 9.17) is 15.2 Å². The Labute approximate surface area is 202 Å². The maximum absolute atomic E-state index is 13.1. The molecule has 36 heavy (non-hydrogen) atoms. The number of methoxy groups -OCH3 is 1. The van der Waals surface area contributed by atoms with Crippen LogP contribution in [0.2, 0.25) is 0 Å². The van der Waals surface area contributed by atoms with Gasteiger partial charge in [0.05, 0.1) is 29.9 Å². The van der Waals surface area contributed by atoms with Gasteiger partial charge in [-0.2, -0.15) is 19.0 Å². The fourth-order valence-electron chi connectivity index (χ4n) is 3.95. The largest absolute Gasteiger partial charge is 0.496 e. The molecule has 0 aliphatic heterocycles. The van der Waals surface area contributed by atoms with Crippen LogP contribution in [0.4, 0.5) is 17.6 Å². The summed E-state index contributed by atoms with van der Waals surface area (Å²) in [5, 5.41) is 8.94. The van der Waals surface area contributed by atoms with Crippen LogP contribution in [0.25, 0.3) is 33.3 Å². The van der Waals surface area contributed by atoms with Crippen molar-refractivity contribution >= 4 is 16.8 Å². The highest BCUT2D eigenvalue weighted by atomic mass is 19.3. The molecule has 9 nitrogen and oxygen atoms in total. The van der Waals surface area contributed by atoms with Crippen molar-refractivity contribution in [3.05, 3.63) is 42.2 Å². The number of hydrogen-bond donors (Lipinski definition) is 1. The van der Waals surface area contributed by atoms with Crippen LogP contribution in [-0.2, 0) is 14.1 Å². The molecule has 0 aliphatic rings. The number of ether oxygens (including phenoxy) is 3. The summed E-state index contributed by atoms with van der Waals surface area (Å²) in [6.45, 7) is -4.14. The number of carbonyl (C=O) groups excluding carboxylic acids is 1. The number of rotatable bonds is 9. The standard InChI is InChI=1S/C23H21F4N5O4/c1-31-9-13(8-29-31)11-4-14-19(16(5-11)35-10-18(24)25)21(32(2)30-14)12-6-15(34-3)20(22(28)33)17(7-12)36-23(26)27/h4-9,18,23H,10H2,1-3H3,(H2,28,33). The van der Waals surface area contributed by atoms with Crippen molar-refractivity contribution in [2.45, 2.75) is 13.0 Å². The molecule has 2 N–H and O–H groups in total. The van der Waals surface area contributed by atoms with Gasteiger partial charge in [0.1, 0.15) is 29.4 Å². The third-order valence-electron chi connectivity index (χ3n) is 5.32. The number of hydrogen-bond acceptors (Lipinski definition) is 6. The van der Waals surface area contributed by atoms with Crippen LogP contribution in [-0.4, -0.2) is 52.2 Å². The second-order valence-electron chi connectivity index (χ2n) is 7.74. The van der Waals surface area contributed by atoms with Gasteiger partial charge in [-0.25, -0.2) is 8.78 Å². The summed E-state index contributed by atoms with van der Waals surface area (Å²) < 4.78 is 70.6. The molecule has 0 saturated heterocycles. The molecule has 0 unspecified atom stereocenters. The number of halogens is 4. The lowest BCUT2D eigenvalue weighted by Crippen LogP contribution is -2.16. The third kappa shape index (κ3) is 4.76. The Kier molecular flexibility index (Phi) is 6.73. The molecule has 4 rings (SSSR count). The SMILES string of the molecule is COc1cc(-c2c3c(OCC(F)F)cc(-c4cnn(C)c4)cc3nn2C)cc(OC(F)F)c1C(N)=O. The number of aromatic nitrogens is 4. The fourth-order valence-corrected chi connectivity index (χ4v) is 3.95. The van der Waals surface area contributed by atoms with Gasteiger partial charge in [0.25, 0.3) is 12.3 Å². The minimum absolute atomic E-state index is 0.0871. The first-order chi connectivity index (χ1) is 17.1. The van der Waals surface area contributed by atoms with Gasteiger partial charge in [0, 0.05) is 31.4 Å². The maximum Gasteiger partial charge on any atom is 0.387 e. The van der Waals surface area contributed by atoms with Crippen LogP contribution < -0.4 is 19.9 Å². The summed E-state index contributed by atoms with van der Waals surface area (Å²) in [5.41, 5.74) is 7.25. The zero-order valence-electron chi connectivity index (χ0n) is 19.3. The predicted molar refractivity (Wildman–Crippen MR) is 122 cm³/mol. The first-order valence-corrected chi connectivity index (χ1v) is 10.5.